The molecule has 0 aliphatic carbocycles. The number of alkyl halides is 1. The summed E-state index contributed by atoms with van der Waals surface area (Å²) in [6.45, 7) is 2.95. The SMILES string of the molecule is C=C(C[NH])S(=O)(=O)CCCl. The molecule has 0 aliphatic rings. The second-order valence-corrected chi connectivity index (χ2v) is 4.32. The highest BCUT2D eigenvalue weighted by Gasteiger charge is 2.12. The summed E-state index contributed by atoms with van der Waals surface area (Å²) < 4.78 is 21.7. The largest absolute Gasteiger partial charge is 0.252 e. The summed E-state index contributed by atoms with van der Waals surface area (Å²) in [6.07, 6.45) is 0. The third-order valence-corrected chi connectivity index (χ3v) is 3.16. The highest BCUT2D eigenvalue weighted by atomic mass is 35.5. The van der Waals surface area contributed by atoms with E-state index in [9.17, 15) is 8.42 Å². The summed E-state index contributed by atoms with van der Waals surface area (Å²) in [5.74, 6) is -0.0619. The molecular formula is C5H9ClNO2S. The second kappa shape index (κ2) is 3.95. The lowest BCUT2D eigenvalue weighted by molar-refractivity contribution is 0.602. The minimum atomic E-state index is -3.27. The minimum Gasteiger partial charge on any atom is -0.252 e. The third kappa shape index (κ3) is 2.68. The predicted molar refractivity (Wildman–Crippen MR) is 41.6 cm³/mol. The highest BCUT2D eigenvalue weighted by Crippen LogP contribution is 2.03. The van der Waals surface area contributed by atoms with Gasteiger partial charge < -0.3 is 0 Å². The Kier molecular flexibility index (Phi) is 3.93. The number of hydrogen-bond acceptors (Lipinski definition) is 2. The maximum absolute atomic E-state index is 10.9. The normalized spacial score (nSPS) is 11.4. The summed E-state index contributed by atoms with van der Waals surface area (Å²) >= 11 is 5.21. The molecule has 0 atom stereocenters. The summed E-state index contributed by atoms with van der Waals surface area (Å²) in [7, 11) is -3.27. The minimum absolute atomic E-state index is 0.0569. The first-order chi connectivity index (χ1) is 4.54. The van der Waals surface area contributed by atoms with Crippen LogP contribution in [0.4, 0.5) is 0 Å². The van der Waals surface area contributed by atoms with Crippen LogP contribution in [0.5, 0.6) is 0 Å². The Morgan fingerprint density at radius 1 is 1.60 bits per heavy atom. The van der Waals surface area contributed by atoms with Crippen LogP contribution in [0.1, 0.15) is 0 Å². The highest BCUT2D eigenvalue weighted by molar-refractivity contribution is 7.95. The van der Waals surface area contributed by atoms with Crippen molar-refractivity contribution in [2.45, 2.75) is 0 Å². The van der Waals surface area contributed by atoms with Crippen LogP contribution in [0.15, 0.2) is 11.5 Å². The van der Waals surface area contributed by atoms with Crippen LogP contribution in [0.2, 0.25) is 0 Å². The molecule has 0 amide bonds. The van der Waals surface area contributed by atoms with Gasteiger partial charge in [-0.15, -0.1) is 11.6 Å². The van der Waals surface area contributed by atoms with Gasteiger partial charge in [-0.05, 0) is 0 Å². The molecule has 0 fully saturated rings. The molecule has 10 heavy (non-hydrogen) atoms. The standard InChI is InChI=1S/C5H9ClNO2S/c1-5(4-7)10(8,9)3-2-6/h7H,1-4H2. The van der Waals surface area contributed by atoms with E-state index in [1.807, 2.05) is 0 Å². The maximum atomic E-state index is 10.9. The van der Waals surface area contributed by atoms with E-state index in [0.717, 1.165) is 0 Å². The van der Waals surface area contributed by atoms with Crippen molar-refractivity contribution < 1.29 is 8.42 Å². The zero-order valence-electron chi connectivity index (χ0n) is 5.43. The zero-order valence-corrected chi connectivity index (χ0v) is 7.00. The van der Waals surface area contributed by atoms with Gasteiger partial charge in [-0.25, -0.2) is 8.42 Å². The first-order valence-corrected chi connectivity index (χ1v) is 4.84. The number of nitrogens with one attached hydrogen (secondary N) is 1. The Bertz CT molecular complexity index is 210. The molecule has 59 valence electrons. The molecule has 5 heteroatoms. The van der Waals surface area contributed by atoms with Gasteiger partial charge in [0, 0.05) is 12.4 Å². The Hall–Kier alpha value is -0.0600. The molecule has 3 nitrogen and oxygen atoms in total. The van der Waals surface area contributed by atoms with E-state index < -0.39 is 9.84 Å². The van der Waals surface area contributed by atoms with Gasteiger partial charge in [-0.1, -0.05) is 6.58 Å². The molecule has 0 rings (SSSR count). The molecule has 0 aromatic carbocycles. The summed E-state index contributed by atoms with van der Waals surface area (Å²) in [6, 6.07) is 0. The van der Waals surface area contributed by atoms with Crippen LogP contribution >= 0.6 is 11.6 Å². The molecule has 0 bridgehead atoms. The van der Waals surface area contributed by atoms with Crippen LogP contribution in [0, 0.1) is 0 Å². The molecular weight excluding hydrogens is 174 g/mol. The number of hydrogen-bond donors (Lipinski definition) is 0. The summed E-state index contributed by atoms with van der Waals surface area (Å²) in [5, 5.41) is 0. The van der Waals surface area contributed by atoms with E-state index in [4.69, 9.17) is 17.3 Å². The summed E-state index contributed by atoms with van der Waals surface area (Å²) in [5.41, 5.74) is 6.72. The van der Waals surface area contributed by atoms with Gasteiger partial charge in [-0.2, -0.15) is 0 Å². The Balaban J connectivity index is 4.27. The Morgan fingerprint density at radius 3 is 2.40 bits per heavy atom. The van der Waals surface area contributed by atoms with Gasteiger partial charge in [0.05, 0.1) is 10.7 Å². The number of rotatable bonds is 4. The van der Waals surface area contributed by atoms with Crippen molar-refractivity contribution in [3.8, 4) is 0 Å². The van der Waals surface area contributed by atoms with Crippen molar-refractivity contribution in [3.63, 3.8) is 0 Å². The topological polar surface area (TPSA) is 57.9 Å². The molecule has 1 N–H and O–H groups in total. The van der Waals surface area contributed by atoms with Crippen LogP contribution in [-0.4, -0.2) is 26.6 Å². The number of sulfone groups is 1. The van der Waals surface area contributed by atoms with E-state index >= 15 is 0 Å². The predicted octanol–water partition coefficient (Wildman–Crippen LogP) is 0.437. The van der Waals surface area contributed by atoms with Gasteiger partial charge >= 0.3 is 0 Å². The average molecular weight is 183 g/mol. The lowest BCUT2D eigenvalue weighted by Crippen LogP contribution is -2.12. The molecule has 0 aromatic rings. The van der Waals surface area contributed by atoms with E-state index in [1.165, 1.54) is 0 Å². The molecule has 0 unspecified atom stereocenters. The number of halogens is 1. The van der Waals surface area contributed by atoms with Gasteiger partial charge in [0.25, 0.3) is 0 Å². The van der Waals surface area contributed by atoms with Crippen LogP contribution in [-0.2, 0) is 9.84 Å². The van der Waals surface area contributed by atoms with Crippen LogP contribution < -0.4 is 5.73 Å². The second-order valence-electron chi connectivity index (χ2n) is 1.72. The molecule has 0 saturated heterocycles. The third-order valence-electron chi connectivity index (χ3n) is 0.983. The van der Waals surface area contributed by atoms with Crippen LogP contribution in [0.3, 0.4) is 0 Å². The molecule has 0 aliphatic heterocycles. The maximum Gasteiger partial charge on any atom is 0.176 e. The lowest BCUT2D eigenvalue weighted by Gasteiger charge is -2.00. The van der Waals surface area contributed by atoms with E-state index in [0.29, 0.717) is 0 Å². The molecule has 0 saturated carbocycles. The fraction of sp³-hybridized carbons (Fsp3) is 0.600. The monoisotopic (exact) mass is 182 g/mol. The first kappa shape index (κ1) is 9.94. The lowest BCUT2D eigenvalue weighted by atomic mass is 10.7. The molecule has 0 aromatic heterocycles. The van der Waals surface area contributed by atoms with Crippen molar-refractivity contribution in [1.82, 2.24) is 5.73 Å². The molecule has 1 radical (unpaired) electrons. The summed E-state index contributed by atoms with van der Waals surface area (Å²) in [4.78, 5) is -0.0619. The van der Waals surface area contributed by atoms with Gasteiger partial charge in [0.15, 0.2) is 9.84 Å². The smallest absolute Gasteiger partial charge is 0.176 e. The van der Waals surface area contributed by atoms with Gasteiger partial charge in [0.2, 0.25) is 0 Å². The quantitative estimate of drug-likeness (QED) is 0.593. The fourth-order valence-electron chi connectivity index (χ4n) is 0.356. The molecule has 0 heterocycles. The molecule has 0 spiro atoms. The van der Waals surface area contributed by atoms with Crippen molar-refractivity contribution in [3.05, 3.63) is 11.5 Å². The van der Waals surface area contributed by atoms with Crippen molar-refractivity contribution in [2.24, 2.45) is 0 Å². The van der Waals surface area contributed by atoms with E-state index in [-0.39, 0.29) is 23.1 Å². The van der Waals surface area contributed by atoms with Crippen molar-refractivity contribution >= 4 is 21.4 Å². The van der Waals surface area contributed by atoms with E-state index in [1.54, 1.807) is 0 Å². The van der Waals surface area contributed by atoms with Crippen LogP contribution in [0.25, 0.3) is 0 Å². The Labute approximate surface area is 65.8 Å². The fourth-order valence-corrected chi connectivity index (χ4v) is 1.68. The average Bonchev–Trinajstić information content (AvgIpc) is 1.86. The zero-order chi connectivity index (χ0) is 8.20. The van der Waals surface area contributed by atoms with Crippen molar-refractivity contribution in [2.75, 3.05) is 18.2 Å². The van der Waals surface area contributed by atoms with E-state index in [2.05, 4.69) is 6.58 Å². The van der Waals surface area contributed by atoms with Crippen molar-refractivity contribution in [1.29, 1.82) is 0 Å². The van der Waals surface area contributed by atoms with Gasteiger partial charge in [0.1, 0.15) is 0 Å². The Morgan fingerprint density at radius 2 is 2.10 bits per heavy atom. The van der Waals surface area contributed by atoms with Gasteiger partial charge in [-0.3, -0.25) is 5.73 Å². The first-order valence-electron chi connectivity index (χ1n) is 2.65.